The van der Waals surface area contributed by atoms with Gasteiger partial charge in [-0.15, -0.1) is 0 Å². The van der Waals surface area contributed by atoms with Gasteiger partial charge in [-0.1, -0.05) is 41.5 Å². The summed E-state index contributed by atoms with van der Waals surface area (Å²) in [7, 11) is 0. The summed E-state index contributed by atoms with van der Waals surface area (Å²) < 4.78 is 37.4. The van der Waals surface area contributed by atoms with E-state index in [9.17, 15) is 13.2 Å². The molecule has 0 saturated carbocycles. The predicted molar refractivity (Wildman–Crippen MR) is 73.1 cm³/mol. The Morgan fingerprint density at radius 3 is 1.47 bits per heavy atom. The van der Waals surface area contributed by atoms with Crippen molar-refractivity contribution in [2.24, 2.45) is 16.2 Å². The average molecular weight is 279 g/mol. The maximum absolute atomic E-state index is 12.5. The van der Waals surface area contributed by atoms with Crippen LogP contribution in [0.1, 0.15) is 54.4 Å². The zero-order valence-corrected chi connectivity index (χ0v) is 13.1. The number of rotatable bonds is 1. The number of hydrogen-bond donors (Lipinski definition) is 0. The van der Waals surface area contributed by atoms with Gasteiger partial charge in [0.25, 0.3) is 0 Å². The first-order chi connectivity index (χ1) is 8.29. The van der Waals surface area contributed by atoms with Crippen LogP contribution >= 0.6 is 0 Å². The Balaban J connectivity index is 2.83. The SMILES string of the molecule is CC(C)(C)C1(C(C)(C)C)CCN(CC(F)(F)F)CC1. The molecule has 0 aliphatic carbocycles. The van der Waals surface area contributed by atoms with E-state index < -0.39 is 12.7 Å². The first-order valence-electron chi connectivity index (χ1n) is 7.08. The van der Waals surface area contributed by atoms with Gasteiger partial charge in [0.15, 0.2) is 0 Å². The van der Waals surface area contributed by atoms with E-state index in [-0.39, 0.29) is 16.2 Å². The second-order valence-corrected chi connectivity index (χ2v) is 7.97. The Morgan fingerprint density at radius 1 is 0.842 bits per heavy atom. The third-order valence-corrected chi connectivity index (χ3v) is 4.98. The van der Waals surface area contributed by atoms with Crippen LogP contribution in [0.15, 0.2) is 0 Å². The lowest BCUT2D eigenvalue weighted by atomic mass is 9.50. The normalized spacial score (nSPS) is 22.6. The highest BCUT2D eigenvalue weighted by atomic mass is 19.4. The standard InChI is InChI=1S/C15H28F3N/c1-12(2,3)14(13(4,5)6)7-9-19(10-8-14)11-15(16,17)18/h7-11H2,1-6H3. The molecule has 19 heavy (non-hydrogen) atoms. The van der Waals surface area contributed by atoms with Crippen LogP contribution in [0.25, 0.3) is 0 Å². The van der Waals surface area contributed by atoms with Gasteiger partial charge in [0.2, 0.25) is 0 Å². The molecule has 0 aromatic rings. The highest BCUT2D eigenvalue weighted by Crippen LogP contribution is 2.57. The summed E-state index contributed by atoms with van der Waals surface area (Å²) in [6.45, 7) is 13.7. The molecule has 0 unspecified atom stereocenters. The molecule has 0 atom stereocenters. The molecule has 1 rings (SSSR count). The fraction of sp³-hybridized carbons (Fsp3) is 1.00. The molecule has 1 heterocycles. The van der Waals surface area contributed by atoms with Crippen LogP contribution in [-0.2, 0) is 0 Å². The van der Waals surface area contributed by atoms with E-state index in [0.717, 1.165) is 12.8 Å². The summed E-state index contributed by atoms with van der Waals surface area (Å²) in [4.78, 5) is 1.55. The summed E-state index contributed by atoms with van der Waals surface area (Å²) in [6, 6.07) is 0. The lowest BCUT2D eigenvalue weighted by molar-refractivity contribution is -0.159. The summed E-state index contributed by atoms with van der Waals surface area (Å²) in [6.07, 6.45) is -2.39. The van der Waals surface area contributed by atoms with Gasteiger partial charge < -0.3 is 0 Å². The van der Waals surface area contributed by atoms with Crippen LogP contribution in [0.2, 0.25) is 0 Å². The highest BCUT2D eigenvalue weighted by Gasteiger charge is 2.51. The molecule has 4 heteroatoms. The monoisotopic (exact) mass is 279 g/mol. The Kier molecular flexibility index (Phi) is 4.37. The fourth-order valence-electron chi connectivity index (χ4n) is 3.97. The van der Waals surface area contributed by atoms with Gasteiger partial charge in [-0.3, -0.25) is 4.90 Å². The van der Waals surface area contributed by atoms with Crippen molar-refractivity contribution in [3.05, 3.63) is 0 Å². The number of hydrogen-bond acceptors (Lipinski definition) is 1. The third kappa shape index (κ3) is 3.65. The molecule has 0 spiro atoms. The Hall–Kier alpha value is -0.250. The highest BCUT2D eigenvalue weighted by molar-refractivity contribution is 5.01. The van der Waals surface area contributed by atoms with Gasteiger partial charge in [0.1, 0.15) is 0 Å². The largest absolute Gasteiger partial charge is 0.401 e. The first-order valence-corrected chi connectivity index (χ1v) is 7.08. The number of nitrogens with zero attached hydrogens (tertiary/aromatic N) is 1. The molecule has 1 fully saturated rings. The van der Waals surface area contributed by atoms with Crippen molar-refractivity contribution >= 4 is 0 Å². The van der Waals surface area contributed by atoms with E-state index >= 15 is 0 Å². The quantitative estimate of drug-likeness (QED) is 0.671. The van der Waals surface area contributed by atoms with Gasteiger partial charge in [-0.25, -0.2) is 0 Å². The zero-order chi connectivity index (χ0) is 15.1. The van der Waals surface area contributed by atoms with Gasteiger partial charge in [-0.05, 0) is 42.2 Å². The fourth-order valence-corrected chi connectivity index (χ4v) is 3.97. The maximum Gasteiger partial charge on any atom is 0.401 e. The van der Waals surface area contributed by atoms with Crippen LogP contribution in [0.3, 0.4) is 0 Å². The molecule has 0 amide bonds. The lowest BCUT2D eigenvalue weighted by Gasteiger charge is -2.57. The van der Waals surface area contributed by atoms with Crippen molar-refractivity contribution in [3.63, 3.8) is 0 Å². The van der Waals surface area contributed by atoms with E-state index in [1.807, 2.05) is 0 Å². The van der Waals surface area contributed by atoms with E-state index in [4.69, 9.17) is 0 Å². The second kappa shape index (κ2) is 4.94. The summed E-state index contributed by atoms with van der Waals surface area (Å²) in [5.41, 5.74) is 0.313. The number of halogens is 3. The number of piperidine rings is 1. The molecule has 1 nitrogen and oxygen atoms in total. The second-order valence-electron chi connectivity index (χ2n) is 7.97. The topological polar surface area (TPSA) is 3.24 Å². The predicted octanol–water partition coefficient (Wildman–Crippen LogP) is 4.72. The Bertz CT molecular complexity index is 283. The minimum absolute atomic E-state index is 0.0993. The van der Waals surface area contributed by atoms with Crippen LogP contribution in [0.5, 0.6) is 0 Å². The molecule has 0 radical (unpaired) electrons. The molecule has 0 aromatic carbocycles. The number of likely N-dealkylation sites (tertiary alicyclic amines) is 1. The lowest BCUT2D eigenvalue weighted by Crippen LogP contribution is -2.54. The van der Waals surface area contributed by atoms with E-state index in [2.05, 4.69) is 41.5 Å². The Morgan fingerprint density at radius 2 is 1.21 bits per heavy atom. The smallest absolute Gasteiger partial charge is 0.295 e. The van der Waals surface area contributed by atoms with Crippen molar-refractivity contribution in [1.29, 1.82) is 0 Å². The van der Waals surface area contributed by atoms with Gasteiger partial charge in [0.05, 0.1) is 6.54 Å². The molecule has 0 N–H and O–H groups in total. The van der Waals surface area contributed by atoms with Crippen LogP contribution in [0, 0.1) is 16.2 Å². The molecule has 1 saturated heterocycles. The van der Waals surface area contributed by atoms with Gasteiger partial charge in [0, 0.05) is 0 Å². The summed E-state index contributed by atoms with van der Waals surface area (Å²) in [5.74, 6) is 0. The Labute approximate surface area is 115 Å². The molecular weight excluding hydrogens is 251 g/mol. The van der Waals surface area contributed by atoms with Crippen molar-refractivity contribution < 1.29 is 13.2 Å². The third-order valence-electron chi connectivity index (χ3n) is 4.98. The molecular formula is C15H28F3N. The van der Waals surface area contributed by atoms with E-state index in [1.165, 1.54) is 0 Å². The summed E-state index contributed by atoms with van der Waals surface area (Å²) >= 11 is 0. The average Bonchev–Trinajstić information content (AvgIpc) is 2.12. The molecule has 1 aliphatic heterocycles. The first kappa shape index (κ1) is 16.8. The van der Waals surface area contributed by atoms with Crippen LogP contribution < -0.4 is 0 Å². The van der Waals surface area contributed by atoms with Gasteiger partial charge in [-0.2, -0.15) is 13.2 Å². The van der Waals surface area contributed by atoms with Crippen molar-refractivity contribution in [3.8, 4) is 0 Å². The van der Waals surface area contributed by atoms with Crippen molar-refractivity contribution in [1.82, 2.24) is 4.90 Å². The minimum Gasteiger partial charge on any atom is -0.295 e. The van der Waals surface area contributed by atoms with Gasteiger partial charge >= 0.3 is 6.18 Å². The van der Waals surface area contributed by atoms with Crippen molar-refractivity contribution in [2.45, 2.75) is 60.6 Å². The zero-order valence-electron chi connectivity index (χ0n) is 13.1. The molecule has 0 aromatic heterocycles. The maximum atomic E-state index is 12.5. The van der Waals surface area contributed by atoms with Crippen LogP contribution in [-0.4, -0.2) is 30.7 Å². The van der Waals surface area contributed by atoms with Crippen LogP contribution in [0.4, 0.5) is 13.2 Å². The minimum atomic E-state index is -4.08. The molecule has 1 aliphatic rings. The van der Waals surface area contributed by atoms with E-state index in [0.29, 0.717) is 13.1 Å². The molecule has 114 valence electrons. The van der Waals surface area contributed by atoms with E-state index in [1.54, 1.807) is 4.90 Å². The summed E-state index contributed by atoms with van der Waals surface area (Å²) in [5, 5.41) is 0. The van der Waals surface area contributed by atoms with Crippen molar-refractivity contribution in [2.75, 3.05) is 19.6 Å². The number of alkyl halides is 3. The molecule has 0 bridgehead atoms.